The van der Waals surface area contributed by atoms with Gasteiger partial charge in [-0.05, 0) is 43.5 Å². The molecule has 0 saturated carbocycles. The first-order valence-electron chi connectivity index (χ1n) is 6.38. The second kappa shape index (κ2) is 5.09. The third kappa shape index (κ3) is 2.81. The molecule has 5 heteroatoms. The van der Waals surface area contributed by atoms with Crippen LogP contribution in [0.3, 0.4) is 0 Å². The van der Waals surface area contributed by atoms with E-state index in [1.807, 2.05) is 23.1 Å². The van der Waals surface area contributed by atoms with Crippen molar-refractivity contribution in [3.05, 3.63) is 23.8 Å². The van der Waals surface area contributed by atoms with E-state index in [2.05, 4.69) is 4.74 Å². The lowest BCUT2D eigenvalue weighted by Crippen LogP contribution is -2.48. The topological polar surface area (TPSA) is 75.8 Å². The van der Waals surface area contributed by atoms with Gasteiger partial charge in [-0.1, -0.05) is 0 Å². The molecule has 0 amide bonds. The lowest BCUT2D eigenvalue weighted by molar-refractivity contribution is -0.159. The van der Waals surface area contributed by atoms with Gasteiger partial charge in [0.15, 0.2) is 5.60 Å². The molecule has 1 aromatic carbocycles. The minimum atomic E-state index is -1.51. The Morgan fingerprint density at radius 3 is 3.00 bits per heavy atom. The van der Waals surface area contributed by atoms with E-state index in [9.17, 15) is 9.90 Å². The van der Waals surface area contributed by atoms with Crippen molar-refractivity contribution in [2.45, 2.75) is 25.4 Å². The largest absolute Gasteiger partial charge is 0.467 e. The number of carbonyl (C=O) groups is 1. The van der Waals surface area contributed by atoms with E-state index in [1.54, 1.807) is 0 Å². The van der Waals surface area contributed by atoms with Crippen LogP contribution in [-0.4, -0.2) is 36.9 Å². The average Bonchev–Trinajstić information content (AvgIpc) is 2.37. The number of nitrogen functional groups attached to an aromatic ring is 1. The van der Waals surface area contributed by atoms with Crippen LogP contribution in [0, 0.1) is 0 Å². The van der Waals surface area contributed by atoms with Gasteiger partial charge in [-0.25, -0.2) is 4.79 Å². The summed E-state index contributed by atoms with van der Waals surface area (Å²) >= 11 is 0. The number of nitrogens with zero attached hydrogens (tertiary/aromatic N) is 1. The van der Waals surface area contributed by atoms with Gasteiger partial charge in [0.1, 0.15) is 0 Å². The van der Waals surface area contributed by atoms with Crippen LogP contribution in [0.25, 0.3) is 0 Å². The van der Waals surface area contributed by atoms with Gasteiger partial charge in [-0.15, -0.1) is 0 Å². The van der Waals surface area contributed by atoms with Gasteiger partial charge in [0.05, 0.1) is 13.7 Å². The van der Waals surface area contributed by atoms with E-state index in [0.717, 1.165) is 36.3 Å². The Balaban J connectivity index is 2.22. The Hall–Kier alpha value is -1.75. The Morgan fingerprint density at radius 1 is 1.58 bits per heavy atom. The summed E-state index contributed by atoms with van der Waals surface area (Å²) in [5.74, 6) is -0.616. The van der Waals surface area contributed by atoms with E-state index in [-0.39, 0.29) is 6.54 Å². The van der Waals surface area contributed by atoms with Gasteiger partial charge < -0.3 is 20.5 Å². The van der Waals surface area contributed by atoms with Crippen molar-refractivity contribution in [1.29, 1.82) is 0 Å². The number of aryl methyl sites for hydroxylation is 1. The number of aliphatic hydroxyl groups is 1. The molecule has 0 saturated heterocycles. The number of β-amino-alcohol motifs (C(OH)–C–C–N with tert-alkyl or cyclic N) is 1. The monoisotopic (exact) mass is 264 g/mol. The summed E-state index contributed by atoms with van der Waals surface area (Å²) in [6, 6.07) is 5.73. The summed E-state index contributed by atoms with van der Waals surface area (Å²) in [5, 5.41) is 10.2. The second-order valence-electron chi connectivity index (χ2n) is 5.18. The Bertz CT molecular complexity index is 486. The number of carbonyl (C=O) groups excluding carboxylic acids is 1. The number of esters is 1. The highest BCUT2D eigenvalue weighted by Crippen LogP contribution is 2.30. The summed E-state index contributed by atoms with van der Waals surface area (Å²) in [6.07, 6.45) is 1.95. The number of rotatable bonds is 3. The third-order valence-corrected chi connectivity index (χ3v) is 3.44. The molecule has 1 aromatic rings. The van der Waals surface area contributed by atoms with Crippen molar-refractivity contribution in [2.24, 2.45) is 0 Å². The number of nitrogens with two attached hydrogens (primary N) is 1. The summed E-state index contributed by atoms with van der Waals surface area (Å²) in [6.45, 7) is 2.51. The molecule has 104 valence electrons. The molecule has 5 nitrogen and oxygen atoms in total. The van der Waals surface area contributed by atoms with Crippen LogP contribution >= 0.6 is 0 Å². The molecule has 0 aromatic heterocycles. The molecule has 1 aliphatic heterocycles. The minimum absolute atomic E-state index is 0.219. The molecular formula is C14H20N2O3. The van der Waals surface area contributed by atoms with Gasteiger partial charge in [0.2, 0.25) is 0 Å². The number of hydrogen-bond acceptors (Lipinski definition) is 5. The molecule has 0 fully saturated rings. The smallest absolute Gasteiger partial charge is 0.339 e. The van der Waals surface area contributed by atoms with Crippen molar-refractivity contribution in [1.82, 2.24) is 0 Å². The second-order valence-corrected chi connectivity index (χ2v) is 5.18. The number of fused-ring (bicyclic) bond motifs is 1. The highest BCUT2D eigenvalue weighted by Gasteiger charge is 2.35. The third-order valence-electron chi connectivity index (χ3n) is 3.44. The number of methoxy groups -OCH3 is 1. The van der Waals surface area contributed by atoms with Crippen LogP contribution in [0.5, 0.6) is 0 Å². The molecule has 0 radical (unpaired) electrons. The van der Waals surface area contributed by atoms with Crippen LogP contribution in [0.2, 0.25) is 0 Å². The van der Waals surface area contributed by atoms with E-state index in [4.69, 9.17) is 5.73 Å². The predicted molar refractivity (Wildman–Crippen MR) is 74.0 cm³/mol. The lowest BCUT2D eigenvalue weighted by atomic mass is 9.98. The Kier molecular flexibility index (Phi) is 3.66. The molecule has 19 heavy (non-hydrogen) atoms. The standard InChI is InChI=1S/C14H20N2O3/c1-14(18,13(17)19-2)9-16-7-3-4-10-8-11(15)5-6-12(10)16/h5-6,8,18H,3-4,7,9,15H2,1-2H3. The fraction of sp³-hybridized carbons (Fsp3) is 0.500. The molecular weight excluding hydrogens is 244 g/mol. The normalized spacial score (nSPS) is 17.5. The summed E-state index contributed by atoms with van der Waals surface area (Å²) in [5.41, 5.74) is 7.20. The first kappa shape index (κ1) is 13.7. The van der Waals surface area contributed by atoms with E-state index >= 15 is 0 Å². The number of anilines is 2. The Labute approximate surface area is 113 Å². The molecule has 3 N–H and O–H groups in total. The summed E-state index contributed by atoms with van der Waals surface area (Å²) in [7, 11) is 1.28. The fourth-order valence-electron chi connectivity index (χ4n) is 2.52. The molecule has 0 bridgehead atoms. The highest BCUT2D eigenvalue weighted by atomic mass is 16.5. The van der Waals surface area contributed by atoms with E-state index < -0.39 is 11.6 Å². The maximum atomic E-state index is 11.6. The van der Waals surface area contributed by atoms with Crippen LogP contribution < -0.4 is 10.6 Å². The van der Waals surface area contributed by atoms with Crippen molar-refractivity contribution >= 4 is 17.3 Å². The van der Waals surface area contributed by atoms with Crippen molar-refractivity contribution in [3.8, 4) is 0 Å². The lowest BCUT2D eigenvalue weighted by Gasteiger charge is -2.35. The van der Waals surface area contributed by atoms with Crippen LogP contribution in [0.15, 0.2) is 18.2 Å². The molecule has 1 aliphatic rings. The first-order chi connectivity index (χ1) is 8.94. The van der Waals surface area contributed by atoms with Crippen LogP contribution in [0.1, 0.15) is 18.9 Å². The molecule has 1 unspecified atom stereocenters. The number of benzene rings is 1. The molecule has 0 spiro atoms. The SMILES string of the molecule is COC(=O)C(C)(O)CN1CCCc2cc(N)ccc21. The summed E-state index contributed by atoms with van der Waals surface area (Å²) in [4.78, 5) is 13.6. The fourth-order valence-corrected chi connectivity index (χ4v) is 2.52. The van der Waals surface area contributed by atoms with Gasteiger partial charge >= 0.3 is 5.97 Å². The number of hydrogen-bond donors (Lipinski definition) is 2. The first-order valence-corrected chi connectivity index (χ1v) is 6.38. The molecule has 0 aliphatic carbocycles. The van der Waals surface area contributed by atoms with Crippen LogP contribution in [0.4, 0.5) is 11.4 Å². The van der Waals surface area contributed by atoms with Crippen molar-refractivity contribution < 1.29 is 14.6 Å². The van der Waals surface area contributed by atoms with Gasteiger partial charge in [-0.2, -0.15) is 0 Å². The molecule has 1 heterocycles. The maximum absolute atomic E-state index is 11.6. The van der Waals surface area contributed by atoms with E-state index in [0.29, 0.717) is 0 Å². The van der Waals surface area contributed by atoms with Gasteiger partial charge in [0, 0.05) is 17.9 Å². The molecule has 2 rings (SSSR count). The number of ether oxygens (including phenoxy) is 1. The van der Waals surface area contributed by atoms with Gasteiger partial charge in [-0.3, -0.25) is 0 Å². The highest BCUT2D eigenvalue weighted by molar-refractivity contribution is 5.79. The quantitative estimate of drug-likeness (QED) is 0.628. The summed E-state index contributed by atoms with van der Waals surface area (Å²) < 4.78 is 4.63. The maximum Gasteiger partial charge on any atom is 0.339 e. The van der Waals surface area contributed by atoms with E-state index in [1.165, 1.54) is 14.0 Å². The predicted octanol–water partition coefficient (Wildman–Crippen LogP) is 0.945. The van der Waals surface area contributed by atoms with Crippen molar-refractivity contribution in [3.63, 3.8) is 0 Å². The zero-order valence-electron chi connectivity index (χ0n) is 11.3. The minimum Gasteiger partial charge on any atom is -0.467 e. The zero-order valence-corrected chi connectivity index (χ0v) is 11.3. The zero-order chi connectivity index (χ0) is 14.0. The molecule has 1 atom stereocenters. The average molecular weight is 264 g/mol. The van der Waals surface area contributed by atoms with Crippen LogP contribution in [-0.2, 0) is 16.0 Å². The van der Waals surface area contributed by atoms with Crippen molar-refractivity contribution in [2.75, 3.05) is 30.8 Å². The Morgan fingerprint density at radius 2 is 2.32 bits per heavy atom. The van der Waals surface area contributed by atoms with Gasteiger partial charge in [0.25, 0.3) is 0 Å².